The fourth-order valence-electron chi connectivity index (χ4n) is 1.41. The van der Waals surface area contributed by atoms with Gasteiger partial charge >= 0.3 is 0 Å². The largest absolute Gasteiger partial charge is 0.387 e. The second kappa shape index (κ2) is 5.00. The molecule has 0 saturated carbocycles. The minimum absolute atomic E-state index is 0.195. The quantitative estimate of drug-likeness (QED) is 0.736. The molecule has 0 spiro atoms. The van der Waals surface area contributed by atoms with Crippen molar-refractivity contribution in [1.82, 2.24) is 5.32 Å². The molecular weight excluding hydrogens is 197 g/mol. The number of aliphatic hydroxyl groups is 1. The third-order valence-corrected chi connectivity index (χ3v) is 2.25. The average molecular weight is 211 g/mol. The Morgan fingerprint density at radius 1 is 1.60 bits per heavy atom. The number of halogens is 1. The summed E-state index contributed by atoms with van der Waals surface area (Å²) in [6.07, 6.45) is -0.244. The number of hydrogen-bond acceptors (Lipinski definition) is 3. The smallest absolute Gasteiger partial charge is 0.150 e. The van der Waals surface area contributed by atoms with Crippen molar-refractivity contribution >= 4 is 6.29 Å². The molecule has 0 radical (unpaired) electrons. The minimum Gasteiger partial charge on any atom is -0.387 e. The van der Waals surface area contributed by atoms with Gasteiger partial charge in [-0.3, -0.25) is 4.79 Å². The summed E-state index contributed by atoms with van der Waals surface area (Å²) in [6, 6.07) is 2.65. The number of carbonyl (C=O) groups excluding carboxylic acids is 1. The summed E-state index contributed by atoms with van der Waals surface area (Å²) in [5, 5.41) is 12.5. The van der Waals surface area contributed by atoms with Gasteiger partial charge in [-0.2, -0.15) is 0 Å². The standard InChI is InChI=1S/C11H14FNO2/c1-7-3-9(11(15)5-13-2)8(6-14)4-10(7)12/h3-4,6,11,13,15H,5H2,1-2H3. The normalized spacial score (nSPS) is 12.5. The van der Waals surface area contributed by atoms with E-state index in [4.69, 9.17) is 0 Å². The molecule has 0 aromatic heterocycles. The monoisotopic (exact) mass is 211 g/mol. The second-order valence-corrected chi connectivity index (χ2v) is 3.42. The molecule has 1 atom stereocenters. The van der Waals surface area contributed by atoms with Crippen molar-refractivity contribution in [3.8, 4) is 0 Å². The van der Waals surface area contributed by atoms with Crippen LogP contribution in [0.5, 0.6) is 0 Å². The zero-order valence-electron chi connectivity index (χ0n) is 8.75. The molecule has 1 aromatic rings. The molecule has 0 heterocycles. The van der Waals surface area contributed by atoms with Crippen LogP contribution in [0.25, 0.3) is 0 Å². The van der Waals surface area contributed by atoms with E-state index in [0.717, 1.165) is 6.07 Å². The zero-order chi connectivity index (χ0) is 11.4. The predicted octanol–water partition coefficient (Wildman–Crippen LogP) is 1.20. The minimum atomic E-state index is -0.797. The van der Waals surface area contributed by atoms with Gasteiger partial charge in [0.25, 0.3) is 0 Å². The topological polar surface area (TPSA) is 49.3 Å². The molecule has 1 unspecified atom stereocenters. The molecule has 1 aromatic carbocycles. The molecule has 0 aliphatic heterocycles. The van der Waals surface area contributed by atoms with Crippen LogP contribution in [-0.4, -0.2) is 25.0 Å². The first-order valence-electron chi connectivity index (χ1n) is 4.68. The molecule has 82 valence electrons. The number of hydrogen-bond donors (Lipinski definition) is 2. The molecule has 0 aliphatic carbocycles. The fourth-order valence-corrected chi connectivity index (χ4v) is 1.41. The molecule has 0 saturated heterocycles. The molecule has 0 aliphatic rings. The van der Waals surface area contributed by atoms with Gasteiger partial charge in [-0.25, -0.2) is 4.39 Å². The number of aldehydes is 1. The highest BCUT2D eigenvalue weighted by Crippen LogP contribution is 2.20. The van der Waals surface area contributed by atoms with E-state index >= 15 is 0 Å². The number of aryl methyl sites for hydroxylation is 1. The van der Waals surface area contributed by atoms with Gasteiger partial charge in [-0.05, 0) is 37.2 Å². The van der Waals surface area contributed by atoms with E-state index in [1.807, 2.05) is 0 Å². The van der Waals surface area contributed by atoms with Crippen LogP contribution < -0.4 is 5.32 Å². The Morgan fingerprint density at radius 3 is 2.80 bits per heavy atom. The number of carbonyl (C=O) groups is 1. The third-order valence-electron chi connectivity index (χ3n) is 2.25. The molecular formula is C11H14FNO2. The lowest BCUT2D eigenvalue weighted by Gasteiger charge is -2.13. The maximum Gasteiger partial charge on any atom is 0.150 e. The van der Waals surface area contributed by atoms with Crippen LogP contribution in [-0.2, 0) is 0 Å². The first kappa shape index (κ1) is 11.8. The summed E-state index contributed by atoms with van der Waals surface area (Å²) < 4.78 is 13.1. The lowest BCUT2D eigenvalue weighted by molar-refractivity contribution is 0.111. The highest BCUT2D eigenvalue weighted by Gasteiger charge is 2.13. The Balaban J connectivity index is 3.15. The first-order valence-corrected chi connectivity index (χ1v) is 4.68. The Labute approximate surface area is 87.9 Å². The highest BCUT2D eigenvalue weighted by molar-refractivity contribution is 5.77. The number of benzene rings is 1. The summed E-state index contributed by atoms with van der Waals surface area (Å²) >= 11 is 0. The molecule has 0 bridgehead atoms. The summed E-state index contributed by atoms with van der Waals surface area (Å²) in [4.78, 5) is 10.7. The Morgan fingerprint density at radius 2 is 2.27 bits per heavy atom. The van der Waals surface area contributed by atoms with Gasteiger partial charge < -0.3 is 10.4 Å². The van der Waals surface area contributed by atoms with Crippen LogP contribution in [0.2, 0.25) is 0 Å². The van der Waals surface area contributed by atoms with E-state index in [9.17, 15) is 14.3 Å². The van der Waals surface area contributed by atoms with E-state index < -0.39 is 11.9 Å². The molecule has 0 fully saturated rings. The number of likely N-dealkylation sites (N-methyl/N-ethyl adjacent to an activating group) is 1. The molecule has 15 heavy (non-hydrogen) atoms. The molecule has 3 nitrogen and oxygen atoms in total. The maximum absolute atomic E-state index is 13.1. The lowest BCUT2D eigenvalue weighted by atomic mass is 10.00. The average Bonchev–Trinajstić information content (AvgIpc) is 2.21. The van der Waals surface area contributed by atoms with Crippen LogP contribution in [0.1, 0.15) is 27.6 Å². The Hall–Kier alpha value is -1.26. The third kappa shape index (κ3) is 2.61. The highest BCUT2D eigenvalue weighted by atomic mass is 19.1. The van der Waals surface area contributed by atoms with E-state index in [1.54, 1.807) is 14.0 Å². The number of nitrogens with one attached hydrogen (secondary N) is 1. The maximum atomic E-state index is 13.1. The lowest BCUT2D eigenvalue weighted by Crippen LogP contribution is -2.18. The molecule has 4 heteroatoms. The fraction of sp³-hybridized carbons (Fsp3) is 0.364. The van der Waals surface area contributed by atoms with E-state index in [0.29, 0.717) is 24.0 Å². The second-order valence-electron chi connectivity index (χ2n) is 3.42. The van der Waals surface area contributed by atoms with E-state index in [-0.39, 0.29) is 5.56 Å². The van der Waals surface area contributed by atoms with Crippen molar-refractivity contribution in [2.24, 2.45) is 0 Å². The van der Waals surface area contributed by atoms with Crippen molar-refractivity contribution in [2.75, 3.05) is 13.6 Å². The van der Waals surface area contributed by atoms with Crippen molar-refractivity contribution in [2.45, 2.75) is 13.0 Å². The van der Waals surface area contributed by atoms with Crippen LogP contribution in [0, 0.1) is 12.7 Å². The summed E-state index contributed by atoms with van der Waals surface area (Å²) in [5.41, 5.74) is 1.07. The zero-order valence-corrected chi connectivity index (χ0v) is 8.75. The summed E-state index contributed by atoms with van der Waals surface area (Å²) in [7, 11) is 1.69. The van der Waals surface area contributed by atoms with Gasteiger partial charge in [0.15, 0.2) is 6.29 Å². The first-order chi connectivity index (χ1) is 7.10. The Kier molecular flexibility index (Phi) is 3.94. The number of rotatable bonds is 4. The molecule has 0 amide bonds. The van der Waals surface area contributed by atoms with Gasteiger partial charge in [0.05, 0.1) is 6.10 Å². The SMILES string of the molecule is CNCC(O)c1cc(C)c(F)cc1C=O. The van der Waals surface area contributed by atoms with Gasteiger partial charge in [0, 0.05) is 12.1 Å². The Bertz CT molecular complexity index is 366. The summed E-state index contributed by atoms with van der Waals surface area (Å²) in [6.45, 7) is 1.92. The van der Waals surface area contributed by atoms with Crippen molar-refractivity contribution in [3.05, 3.63) is 34.6 Å². The van der Waals surface area contributed by atoms with Crippen LogP contribution in [0.15, 0.2) is 12.1 Å². The van der Waals surface area contributed by atoms with Crippen LogP contribution >= 0.6 is 0 Å². The van der Waals surface area contributed by atoms with Gasteiger partial charge in [0.2, 0.25) is 0 Å². The van der Waals surface area contributed by atoms with E-state index in [2.05, 4.69) is 5.32 Å². The number of aliphatic hydroxyl groups excluding tert-OH is 1. The van der Waals surface area contributed by atoms with Crippen LogP contribution in [0.4, 0.5) is 4.39 Å². The summed E-state index contributed by atoms with van der Waals surface area (Å²) in [5.74, 6) is -0.433. The van der Waals surface area contributed by atoms with E-state index in [1.165, 1.54) is 6.07 Å². The van der Waals surface area contributed by atoms with Crippen molar-refractivity contribution < 1.29 is 14.3 Å². The van der Waals surface area contributed by atoms with Gasteiger partial charge in [0.1, 0.15) is 5.82 Å². The van der Waals surface area contributed by atoms with Gasteiger partial charge in [-0.1, -0.05) is 0 Å². The van der Waals surface area contributed by atoms with Crippen molar-refractivity contribution in [1.29, 1.82) is 0 Å². The molecule has 1 rings (SSSR count). The predicted molar refractivity (Wildman–Crippen MR) is 55.4 cm³/mol. The van der Waals surface area contributed by atoms with Crippen LogP contribution in [0.3, 0.4) is 0 Å². The van der Waals surface area contributed by atoms with Crippen molar-refractivity contribution in [3.63, 3.8) is 0 Å². The van der Waals surface area contributed by atoms with Gasteiger partial charge in [-0.15, -0.1) is 0 Å². The molecule has 2 N–H and O–H groups in total.